The van der Waals surface area contributed by atoms with Crippen LogP contribution in [0, 0.1) is 6.92 Å². The first kappa shape index (κ1) is 19.2. The molecule has 1 aromatic heterocycles. The predicted molar refractivity (Wildman–Crippen MR) is 144 cm³/mol. The Morgan fingerprint density at radius 1 is 0.629 bits per heavy atom. The summed E-state index contributed by atoms with van der Waals surface area (Å²) in [6, 6.07) is 36.1. The van der Waals surface area contributed by atoms with Crippen LogP contribution in [-0.2, 0) is 11.8 Å². The molecule has 1 nitrogen and oxygen atoms in total. The van der Waals surface area contributed by atoms with Gasteiger partial charge >= 0.3 is 0 Å². The minimum Gasteiger partial charge on any atom is -0.456 e. The maximum Gasteiger partial charge on any atom is 0.136 e. The van der Waals surface area contributed by atoms with Crippen molar-refractivity contribution in [1.29, 1.82) is 0 Å². The summed E-state index contributed by atoms with van der Waals surface area (Å²) in [5.74, 6) is 0. The molecule has 1 unspecified atom stereocenters. The van der Waals surface area contributed by atoms with E-state index in [0.717, 1.165) is 17.6 Å². The Labute approximate surface area is 204 Å². The van der Waals surface area contributed by atoms with Crippen molar-refractivity contribution in [2.24, 2.45) is 0 Å². The first-order chi connectivity index (χ1) is 17.2. The Morgan fingerprint density at radius 2 is 1.40 bits per heavy atom. The van der Waals surface area contributed by atoms with Gasteiger partial charge in [-0.1, -0.05) is 97.4 Å². The van der Waals surface area contributed by atoms with E-state index in [-0.39, 0.29) is 5.41 Å². The topological polar surface area (TPSA) is 13.1 Å². The van der Waals surface area contributed by atoms with E-state index >= 15 is 0 Å². The largest absolute Gasteiger partial charge is 0.456 e. The van der Waals surface area contributed by atoms with Crippen LogP contribution < -0.4 is 0 Å². The summed E-state index contributed by atoms with van der Waals surface area (Å²) in [6.07, 6.45) is 1.02. The zero-order chi connectivity index (χ0) is 23.3. The summed E-state index contributed by atoms with van der Waals surface area (Å²) in [5.41, 5.74) is 15.2. The van der Waals surface area contributed by atoms with E-state index in [1.165, 1.54) is 66.4 Å². The standard InChI is InChI=1S/C34H24O/c1-3-21-13-15-24-29(19-21)34(26-10-6-4-8-22(26)23-14-12-20(2)18-28(23)34)27-16-17-31-33(32(24)27)25-9-5-7-11-30(25)35-31/h4-19H,3H2,1-2H3. The number of hydrogen-bond donors (Lipinski definition) is 0. The maximum atomic E-state index is 6.35. The molecule has 0 amide bonds. The highest BCUT2D eigenvalue weighted by atomic mass is 16.3. The molecule has 0 saturated heterocycles. The molecule has 6 aromatic rings. The number of para-hydroxylation sites is 1. The van der Waals surface area contributed by atoms with Gasteiger partial charge in [0.25, 0.3) is 0 Å². The van der Waals surface area contributed by atoms with Gasteiger partial charge in [-0.3, -0.25) is 0 Å². The molecule has 1 heterocycles. The molecule has 5 aromatic carbocycles. The fourth-order valence-corrected chi connectivity index (χ4v) is 6.87. The molecule has 1 atom stereocenters. The summed E-state index contributed by atoms with van der Waals surface area (Å²) in [5, 5.41) is 2.43. The number of aryl methyl sites for hydroxylation is 2. The minimum atomic E-state index is -0.319. The molecule has 0 saturated carbocycles. The molecule has 35 heavy (non-hydrogen) atoms. The van der Waals surface area contributed by atoms with Gasteiger partial charge in [-0.15, -0.1) is 0 Å². The number of benzene rings is 5. The molecule has 2 aliphatic rings. The van der Waals surface area contributed by atoms with Crippen LogP contribution in [0.15, 0.2) is 101 Å². The van der Waals surface area contributed by atoms with E-state index in [1.807, 2.05) is 0 Å². The SMILES string of the molecule is CCc1ccc2c(c1)C1(c3ccccc3-c3ccc(C)cc31)c1ccc3oc4ccccc4c3c1-2. The average molecular weight is 449 g/mol. The second-order valence-corrected chi connectivity index (χ2v) is 10.0. The molecule has 0 bridgehead atoms. The molecule has 0 fully saturated rings. The lowest BCUT2D eigenvalue weighted by atomic mass is 9.70. The summed E-state index contributed by atoms with van der Waals surface area (Å²) >= 11 is 0. The van der Waals surface area contributed by atoms with Crippen molar-refractivity contribution >= 4 is 21.9 Å². The van der Waals surface area contributed by atoms with Crippen molar-refractivity contribution in [3.8, 4) is 22.3 Å². The highest BCUT2D eigenvalue weighted by molar-refractivity contribution is 6.16. The lowest BCUT2D eigenvalue weighted by Gasteiger charge is -2.31. The molecule has 0 radical (unpaired) electrons. The van der Waals surface area contributed by atoms with Crippen LogP contribution in [0.2, 0.25) is 0 Å². The smallest absolute Gasteiger partial charge is 0.136 e. The third-order valence-corrected chi connectivity index (χ3v) is 8.31. The lowest BCUT2D eigenvalue weighted by molar-refractivity contribution is 0.668. The van der Waals surface area contributed by atoms with Crippen molar-refractivity contribution in [2.75, 3.05) is 0 Å². The van der Waals surface area contributed by atoms with Crippen molar-refractivity contribution in [3.63, 3.8) is 0 Å². The van der Waals surface area contributed by atoms with Crippen LogP contribution in [0.1, 0.15) is 40.3 Å². The van der Waals surface area contributed by atoms with E-state index < -0.39 is 0 Å². The number of fused-ring (bicyclic) bond motifs is 14. The van der Waals surface area contributed by atoms with Crippen molar-refractivity contribution < 1.29 is 4.42 Å². The monoisotopic (exact) mass is 448 g/mol. The van der Waals surface area contributed by atoms with Crippen LogP contribution in [0.5, 0.6) is 0 Å². The average Bonchev–Trinajstić information content (AvgIpc) is 3.51. The second-order valence-electron chi connectivity index (χ2n) is 10.0. The van der Waals surface area contributed by atoms with Gasteiger partial charge in [0.2, 0.25) is 0 Å². The Bertz CT molecular complexity index is 1850. The summed E-state index contributed by atoms with van der Waals surface area (Å²) in [7, 11) is 0. The molecule has 1 heteroatoms. The Hall–Kier alpha value is -4.10. The molecule has 8 rings (SSSR count). The maximum absolute atomic E-state index is 6.35. The Kier molecular flexibility index (Phi) is 3.58. The minimum absolute atomic E-state index is 0.319. The molecule has 166 valence electrons. The highest BCUT2D eigenvalue weighted by Crippen LogP contribution is 2.64. The third-order valence-electron chi connectivity index (χ3n) is 8.31. The van der Waals surface area contributed by atoms with Crippen LogP contribution in [-0.4, -0.2) is 0 Å². The fraction of sp³-hybridized carbons (Fsp3) is 0.118. The molecular weight excluding hydrogens is 424 g/mol. The van der Waals surface area contributed by atoms with Crippen molar-refractivity contribution in [3.05, 3.63) is 130 Å². The zero-order valence-corrected chi connectivity index (χ0v) is 19.9. The Balaban J connectivity index is 1.64. The van der Waals surface area contributed by atoms with E-state index in [2.05, 4.69) is 111 Å². The molecule has 2 aliphatic carbocycles. The highest BCUT2D eigenvalue weighted by Gasteiger charge is 2.52. The first-order valence-corrected chi connectivity index (χ1v) is 12.5. The molecule has 1 spiro atoms. The van der Waals surface area contributed by atoms with Crippen LogP contribution in [0.3, 0.4) is 0 Å². The first-order valence-electron chi connectivity index (χ1n) is 12.5. The van der Waals surface area contributed by atoms with Gasteiger partial charge in [0.1, 0.15) is 11.2 Å². The second kappa shape index (κ2) is 6.52. The van der Waals surface area contributed by atoms with Gasteiger partial charge in [-0.2, -0.15) is 0 Å². The molecular formula is C34H24O. The number of hydrogen-bond acceptors (Lipinski definition) is 1. The van der Waals surface area contributed by atoms with Crippen molar-refractivity contribution in [2.45, 2.75) is 25.7 Å². The van der Waals surface area contributed by atoms with Gasteiger partial charge in [-0.25, -0.2) is 0 Å². The summed E-state index contributed by atoms with van der Waals surface area (Å²) in [6.45, 7) is 4.46. The summed E-state index contributed by atoms with van der Waals surface area (Å²) in [4.78, 5) is 0. The van der Waals surface area contributed by atoms with Crippen molar-refractivity contribution in [1.82, 2.24) is 0 Å². The van der Waals surface area contributed by atoms with Crippen LogP contribution in [0.25, 0.3) is 44.2 Å². The van der Waals surface area contributed by atoms with E-state index in [0.29, 0.717) is 0 Å². The van der Waals surface area contributed by atoms with Gasteiger partial charge in [-0.05, 0) is 75.5 Å². The predicted octanol–water partition coefficient (Wildman–Crippen LogP) is 8.80. The quantitative estimate of drug-likeness (QED) is 0.244. The Morgan fingerprint density at radius 3 is 2.31 bits per heavy atom. The van der Waals surface area contributed by atoms with Gasteiger partial charge in [0.15, 0.2) is 0 Å². The van der Waals surface area contributed by atoms with Gasteiger partial charge in [0, 0.05) is 10.8 Å². The van der Waals surface area contributed by atoms with Crippen LogP contribution >= 0.6 is 0 Å². The zero-order valence-electron chi connectivity index (χ0n) is 19.9. The number of furan rings is 1. The third kappa shape index (κ3) is 2.20. The summed E-state index contributed by atoms with van der Waals surface area (Å²) < 4.78 is 6.35. The van der Waals surface area contributed by atoms with Gasteiger partial charge in [0.05, 0.1) is 5.41 Å². The lowest BCUT2D eigenvalue weighted by Crippen LogP contribution is -2.26. The number of rotatable bonds is 1. The van der Waals surface area contributed by atoms with E-state index in [9.17, 15) is 0 Å². The fourth-order valence-electron chi connectivity index (χ4n) is 6.87. The normalized spacial score (nSPS) is 17.1. The van der Waals surface area contributed by atoms with E-state index in [4.69, 9.17) is 4.42 Å². The van der Waals surface area contributed by atoms with Crippen LogP contribution in [0.4, 0.5) is 0 Å². The van der Waals surface area contributed by atoms with E-state index in [1.54, 1.807) is 0 Å². The molecule has 0 aliphatic heterocycles. The molecule has 0 N–H and O–H groups in total. The van der Waals surface area contributed by atoms with Gasteiger partial charge < -0.3 is 4.42 Å².